The number of aromatic nitrogens is 15. The number of nitrogens with one attached hydrogen (secondary N) is 2. The van der Waals surface area contributed by atoms with Gasteiger partial charge in [-0.3, -0.25) is 0 Å². The SMILES string of the molecule is [C-]#[N+]c1c(C)nn(-c2nc(O)nc(-n3nc(C)c(C#N)c3N=Nc3c(C)nn4nc(C)[nH]c34)n2)c1N=Nc1c(C)nn2nc(C)[nH]c12. The number of aryl methyl sites for hydroxylation is 6. The third-order valence-electron chi connectivity index (χ3n) is 6.84. The van der Waals surface area contributed by atoms with Gasteiger partial charge in [-0.2, -0.15) is 50.0 Å². The second kappa shape index (κ2) is 10.4. The molecule has 0 aromatic carbocycles. The summed E-state index contributed by atoms with van der Waals surface area (Å²) in [6.07, 6.45) is 0. The highest BCUT2D eigenvalue weighted by atomic mass is 16.3. The summed E-state index contributed by atoms with van der Waals surface area (Å²) in [4.78, 5) is 22.2. The third-order valence-corrected chi connectivity index (χ3v) is 6.84. The summed E-state index contributed by atoms with van der Waals surface area (Å²) < 4.78 is 5.07. The van der Waals surface area contributed by atoms with E-state index in [4.69, 9.17) is 6.57 Å². The van der Waals surface area contributed by atoms with Crippen LogP contribution in [0.2, 0.25) is 0 Å². The van der Waals surface area contributed by atoms with Crippen molar-refractivity contribution in [3.05, 3.63) is 51.4 Å². The van der Waals surface area contributed by atoms with Gasteiger partial charge >= 0.3 is 6.01 Å². The van der Waals surface area contributed by atoms with Gasteiger partial charge in [0.2, 0.25) is 0 Å². The molecule has 0 aliphatic rings. The van der Waals surface area contributed by atoms with Gasteiger partial charge in [0.1, 0.15) is 23.3 Å². The Kier molecular flexibility index (Phi) is 6.34. The van der Waals surface area contributed by atoms with Crippen LogP contribution in [-0.2, 0) is 0 Å². The first kappa shape index (κ1) is 28.5. The fourth-order valence-corrected chi connectivity index (χ4v) is 4.76. The second-order valence-corrected chi connectivity index (χ2v) is 10.2. The van der Waals surface area contributed by atoms with Crippen LogP contribution in [0.25, 0.3) is 28.0 Å². The van der Waals surface area contributed by atoms with Crippen molar-refractivity contribution < 1.29 is 5.11 Å². The Morgan fingerprint density at radius 1 is 0.681 bits per heavy atom. The highest BCUT2D eigenvalue weighted by molar-refractivity contribution is 5.69. The van der Waals surface area contributed by atoms with Gasteiger partial charge in [-0.25, -0.2) is 4.85 Å². The summed E-state index contributed by atoms with van der Waals surface area (Å²) in [5.41, 5.74) is 3.65. The zero-order valence-corrected chi connectivity index (χ0v) is 25.4. The zero-order valence-electron chi connectivity index (χ0n) is 25.4. The van der Waals surface area contributed by atoms with Crippen LogP contribution in [0.5, 0.6) is 6.01 Å². The number of H-pyrrole nitrogens is 2. The Bertz CT molecular complexity index is 2360. The van der Waals surface area contributed by atoms with Crippen LogP contribution in [0.1, 0.15) is 40.0 Å². The van der Waals surface area contributed by atoms with Crippen LogP contribution in [-0.4, -0.2) is 79.2 Å². The molecule has 7 aromatic heterocycles. The topological polar surface area (TPSA) is 264 Å². The number of azo groups is 2. The standard InChI is InChI=1S/C25H21N21O/c1-9-15(8-26)19(35-33-17-11(3)39-45-20(17)28-13(5)41-45)43(37-9)23-30-24(32-25(47)31-23)44-22(16(27-7)10(2)38-44)36-34-18-12(4)40-46-21(18)29-14(6)42-46/h1-6H3,(H,28,41)(H,29,42)(H,30,31,32,47). The van der Waals surface area contributed by atoms with Gasteiger partial charge in [0.05, 0.1) is 29.3 Å². The number of fused-ring (bicyclic) bond motifs is 2. The van der Waals surface area contributed by atoms with Gasteiger partial charge in [0, 0.05) is 0 Å². The molecule has 0 bridgehead atoms. The maximum Gasteiger partial charge on any atom is 0.320 e. The van der Waals surface area contributed by atoms with E-state index in [0.717, 1.165) is 9.36 Å². The van der Waals surface area contributed by atoms with Crippen molar-refractivity contribution >= 4 is 40.0 Å². The first-order chi connectivity index (χ1) is 22.6. The number of aromatic amines is 2. The quantitative estimate of drug-likeness (QED) is 0.175. The van der Waals surface area contributed by atoms with E-state index in [1.165, 1.54) is 9.26 Å². The Morgan fingerprint density at radius 3 is 1.72 bits per heavy atom. The molecule has 22 nitrogen and oxygen atoms in total. The molecule has 0 aliphatic heterocycles. The van der Waals surface area contributed by atoms with E-state index in [2.05, 4.69) is 86.9 Å². The molecular formula is C25H21N21O. The Hall–Kier alpha value is -7.23. The summed E-state index contributed by atoms with van der Waals surface area (Å²) in [5.74, 6) is 0.764. The van der Waals surface area contributed by atoms with Crippen LogP contribution in [0.4, 0.5) is 28.7 Å². The van der Waals surface area contributed by atoms with Gasteiger partial charge in [0.15, 0.2) is 34.3 Å². The highest BCUT2D eigenvalue weighted by Gasteiger charge is 2.24. The lowest BCUT2D eigenvalue weighted by molar-refractivity contribution is 0.423. The molecule has 0 atom stereocenters. The predicted octanol–water partition coefficient (Wildman–Crippen LogP) is 3.79. The van der Waals surface area contributed by atoms with Gasteiger partial charge in [0.25, 0.3) is 17.6 Å². The molecule has 47 heavy (non-hydrogen) atoms. The molecular weight excluding hydrogens is 610 g/mol. The Labute approximate surface area is 262 Å². The lowest BCUT2D eigenvalue weighted by Gasteiger charge is -2.06. The number of rotatable bonds is 6. The molecule has 3 N–H and O–H groups in total. The fraction of sp³-hybridized carbons (Fsp3) is 0.240. The minimum absolute atomic E-state index is 0.0196. The maximum atomic E-state index is 10.6. The van der Waals surface area contributed by atoms with Crippen molar-refractivity contribution in [1.82, 2.24) is 74.1 Å². The summed E-state index contributed by atoms with van der Waals surface area (Å²) in [6.45, 7) is 18.0. The van der Waals surface area contributed by atoms with Crippen molar-refractivity contribution in [3.63, 3.8) is 0 Å². The number of nitrogens with zero attached hydrogens (tertiary/aromatic N) is 19. The van der Waals surface area contributed by atoms with Gasteiger partial charge in [-0.1, -0.05) is 0 Å². The largest absolute Gasteiger partial charge is 0.479 e. The second-order valence-electron chi connectivity index (χ2n) is 10.2. The van der Waals surface area contributed by atoms with Crippen LogP contribution in [0.3, 0.4) is 0 Å². The fourth-order valence-electron chi connectivity index (χ4n) is 4.76. The van der Waals surface area contributed by atoms with Crippen LogP contribution < -0.4 is 0 Å². The van der Waals surface area contributed by atoms with E-state index in [-0.39, 0.29) is 34.8 Å². The van der Waals surface area contributed by atoms with E-state index in [9.17, 15) is 10.4 Å². The normalized spacial score (nSPS) is 11.9. The van der Waals surface area contributed by atoms with Crippen molar-refractivity contribution in [2.45, 2.75) is 41.5 Å². The molecule has 0 aliphatic carbocycles. The molecule has 7 rings (SSSR count). The van der Waals surface area contributed by atoms with E-state index < -0.39 is 6.01 Å². The molecule has 0 amide bonds. The van der Waals surface area contributed by atoms with Gasteiger partial charge < -0.3 is 15.1 Å². The van der Waals surface area contributed by atoms with Crippen molar-refractivity contribution in [2.75, 3.05) is 0 Å². The molecule has 7 aromatic rings. The number of hydrogen-bond acceptors (Lipinski definition) is 15. The van der Waals surface area contributed by atoms with Crippen LogP contribution in [0, 0.1) is 59.4 Å². The summed E-state index contributed by atoms with van der Waals surface area (Å²) in [7, 11) is 0. The first-order valence-corrected chi connectivity index (χ1v) is 13.7. The molecule has 0 unspecified atom stereocenters. The third kappa shape index (κ3) is 4.60. The monoisotopic (exact) mass is 631 g/mol. The zero-order chi connectivity index (χ0) is 33.1. The summed E-state index contributed by atoms with van der Waals surface area (Å²) >= 11 is 0. The summed E-state index contributed by atoms with van der Waals surface area (Å²) in [6, 6.07) is 1.37. The molecule has 232 valence electrons. The molecule has 7 heterocycles. The van der Waals surface area contributed by atoms with E-state index in [1.807, 2.05) is 0 Å². The van der Waals surface area contributed by atoms with Crippen LogP contribution in [0.15, 0.2) is 20.5 Å². The molecule has 0 radical (unpaired) electrons. The number of nitriles is 1. The van der Waals surface area contributed by atoms with E-state index in [1.54, 1.807) is 41.5 Å². The minimum atomic E-state index is -0.704. The molecule has 0 spiro atoms. The smallest absolute Gasteiger partial charge is 0.320 e. The van der Waals surface area contributed by atoms with Gasteiger partial charge in [-0.05, 0) is 41.5 Å². The molecule has 0 fully saturated rings. The highest BCUT2D eigenvalue weighted by Crippen LogP contribution is 2.36. The lowest BCUT2D eigenvalue weighted by Crippen LogP contribution is -2.10. The molecule has 22 heteroatoms. The Morgan fingerprint density at radius 2 is 1.19 bits per heavy atom. The molecule has 0 saturated heterocycles. The molecule has 0 saturated carbocycles. The van der Waals surface area contributed by atoms with Gasteiger partial charge in [-0.15, -0.1) is 39.9 Å². The first-order valence-electron chi connectivity index (χ1n) is 13.7. The lowest BCUT2D eigenvalue weighted by atomic mass is 10.3. The average molecular weight is 632 g/mol. The Balaban J connectivity index is 1.35. The van der Waals surface area contributed by atoms with Crippen molar-refractivity contribution in [1.29, 1.82) is 5.26 Å². The summed E-state index contributed by atoms with van der Waals surface area (Å²) in [5, 5.41) is 63.8. The van der Waals surface area contributed by atoms with Crippen molar-refractivity contribution in [2.24, 2.45) is 20.5 Å². The van der Waals surface area contributed by atoms with Crippen LogP contribution >= 0.6 is 0 Å². The minimum Gasteiger partial charge on any atom is -0.479 e. The van der Waals surface area contributed by atoms with Crippen molar-refractivity contribution in [3.8, 4) is 24.0 Å². The number of aromatic hydroxyl groups is 1. The van der Waals surface area contributed by atoms with E-state index in [0.29, 0.717) is 57.1 Å². The predicted molar refractivity (Wildman–Crippen MR) is 158 cm³/mol. The number of hydrogen-bond donors (Lipinski definition) is 3. The van der Waals surface area contributed by atoms with E-state index >= 15 is 0 Å². The average Bonchev–Trinajstić information content (AvgIpc) is 3.83. The maximum absolute atomic E-state index is 10.6.